The molecule has 1 aromatic carbocycles. The molecule has 0 aliphatic rings. The van der Waals surface area contributed by atoms with Gasteiger partial charge in [-0.15, -0.1) is 0 Å². The molecule has 0 aliphatic carbocycles. The first-order valence-corrected chi connectivity index (χ1v) is 6.99. The predicted octanol–water partition coefficient (Wildman–Crippen LogP) is 2.54. The summed E-state index contributed by atoms with van der Waals surface area (Å²) < 4.78 is 10.7. The van der Waals surface area contributed by atoms with Gasteiger partial charge in [-0.25, -0.2) is 4.98 Å². The van der Waals surface area contributed by atoms with Gasteiger partial charge in [0.1, 0.15) is 5.52 Å². The van der Waals surface area contributed by atoms with Gasteiger partial charge in [0.05, 0.1) is 6.61 Å². The largest absolute Gasteiger partial charge is 0.431 e. The molecule has 2 rings (SSSR count). The Labute approximate surface area is 111 Å². The minimum Gasteiger partial charge on any atom is -0.431 e. The molecule has 0 saturated heterocycles. The van der Waals surface area contributed by atoms with Crippen LogP contribution in [0.3, 0.4) is 0 Å². The molecule has 4 nitrogen and oxygen atoms in total. The second-order valence-corrected chi connectivity index (χ2v) is 5.15. The van der Waals surface area contributed by atoms with E-state index in [1.807, 2.05) is 24.3 Å². The quantitative estimate of drug-likeness (QED) is 0.616. The zero-order valence-electron chi connectivity index (χ0n) is 10.7. The van der Waals surface area contributed by atoms with E-state index in [1.54, 1.807) is 18.9 Å². The minimum atomic E-state index is 0.374. The molecule has 1 aromatic heterocycles. The van der Waals surface area contributed by atoms with E-state index in [2.05, 4.69) is 17.2 Å². The van der Waals surface area contributed by atoms with Crippen LogP contribution in [0.15, 0.2) is 33.9 Å². The monoisotopic (exact) mass is 266 g/mol. The summed E-state index contributed by atoms with van der Waals surface area (Å²) in [4.78, 5) is 4.41. The van der Waals surface area contributed by atoms with E-state index >= 15 is 0 Å². The highest BCUT2D eigenvalue weighted by Crippen LogP contribution is 2.22. The molecule has 98 valence electrons. The van der Waals surface area contributed by atoms with Gasteiger partial charge in [-0.2, -0.15) is 0 Å². The molecule has 0 radical (unpaired) electrons. The van der Waals surface area contributed by atoms with Crippen molar-refractivity contribution in [3.05, 3.63) is 24.3 Å². The summed E-state index contributed by atoms with van der Waals surface area (Å²) in [6.07, 6.45) is 0. The highest BCUT2D eigenvalue weighted by Gasteiger charge is 2.05. The summed E-state index contributed by atoms with van der Waals surface area (Å²) in [5, 5.41) is 4.11. The first kappa shape index (κ1) is 13.4. The highest BCUT2D eigenvalue weighted by molar-refractivity contribution is 7.99. The number of nitrogens with one attached hydrogen (secondary N) is 1. The van der Waals surface area contributed by atoms with Crippen molar-refractivity contribution < 1.29 is 9.15 Å². The Morgan fingerprint density at radius 2 is 2.28 bits per heavy atom. The van der Waals surface area contributed by atoms with Gasteiger partial charge < -0.3 is 14.5 Å². The third-order valence-electron chi connectivity index (χ3n) is 2.51. The molecule has 0 bridgehead atoms. The summed E-state index contributed by atoms with van der Waals surface area (Å²) in [6.45, 7) is 3.75. The fraction of sp³-hybridized carbons (Fsp3) is 0.462. The summed E-state index contributed by atoms with van der Waals surface area (Å²) in [5.74, 6) is 0.931. The maximum Gasteiger partial charge on any atom is 0.256 e. The Morgan fingerprint density at radius 1 is 1.44 bits per heavy atom. The Balaban J connectivity index is 1.76. The molecule has 2 aromatic rings. The van der Waals surface area contributed by atoms with Crippen molar-refractivity contribution in [1.82, 2.24) is 10.3 Å². The fourth-order valence-corrected chi connectivity index (χ4v) is 2.37. The van der Waals surface area contributed by atoms with E-state index in [0.717, 1.165) is 35.2 Å². The van der Waals surface area contributed by atoms with E-state index in [0.29, 0.717) is 6.04 Å². The summed E-state index contributed by atoms with van der Waals surface area (Å²) in [7, 11) is 1.71. The first-order chi connectivity index (χ1) is 8.79. The number of fused-ring (bicyclic) bond motifs is 1. The zero-order chi connectivity index (χ0) is 12.8. The van der Waals surface area contributed by atoms with Gasteiger partial charge in [0.15, 0.2) is 5.58 Å². The van der Waals surface area contributed by atoms with E-state index in [4.69, 9.17) is 9.15 Å². The van der Waals surface area contributed by atoms with E-state index in [9.17, 15) is 0 Å². The van der Waals surface area contributed by atoms with Crippen LogP contribution < -0.4 is 5.32 Å². The second-order valence-electron chi connectivity index (χ2n) is 4.11. The molecular weight excluding hydrogens is 248 g/mol. The number of ether oxygens (including phenoxy) is 1. The molecule has 1 N–H and O–H groups in total. The third-order valence-corrected chi connectivity index (χ3v) is 3.34. The molecule has 0 spiro atoms. The fourth-order valence-electron chi connectivity index (χ4n) is 1.67. The molecule has 5 heteroatoms. The smallest absolute Gasteiger partial charge is 0.256 e. The average molecular weight is 266 g/mol. The summed E-state index contributed by atoms with van der Waals surface area (Å²) >= 11 is 1.63. The second kappa shape index (κ2) is 6.78. The summed E-state index contributed by atoms with van der Waals surface area (Å²) in [5.41, 5.74) is 1.77. The van der Waals surface area contributed by atoms with Crippen molar-refractivity contribution in [2.45, 2.75) is 18.2 Å². The number of rotatable bonds is 7. The molecule has 0 aliphatic heterocycles. The molecule has 0 amide bonds. The number of thioether (sulfide) groups is 1. The van der Waals surface area contributed by atoms with Gasteiger partial charge in [0.25, 0.3) is 5.22 Å². The van der Waals surface area contributed by atoms with Crippen molar-refractivity contribution in [2.24, 2.45) is 0 Å². The van der Waals surface area contributed by atoms with Gasteiger partial charge in [0, 0.05) is 25.4 Å². The van der Waals surface area contributed by atoms with Crippen LogP contribution in [0.25, 0.3) is 11.1 Å². The van der Waals surface area contributed by atoms with Crippen molar-refractivity contribution in [3.63, 3.8) is 0 Å². The number of aromatic nitrogens is 1. The Morgan fingerprint density at radius 3 is 3.06 bits per heavy atom. The van der Waals surface area contributed by atoms with Gasteiger partial charge >= 0.3 is 0 Å². The lowest BCUT2D eigenvalue weighted by molar-refractivity contribution is 0.173. The van der Waals surface area contributed by atoms with Crippen LogP contribution in [0, 0.1) is 0 Å². The minimum absolute atomic E-state index is 0.374. The number of benzene rings is 1. The van der Waals surface area contributed by atoms with Crippen molar-refractivity contribution >= 4 is 22.9 Å². The topological polar surface area (TPSA) is 47.3 Å². The molecule has 0 saturated carbocycles. The number of hydrogen-bond donors (Lipinski definition) is 1. The molecule has 1 heterocycles. The van der Waals surface area contributed by atoms with Crippen LogP contribution in [-0.2, 0) is 4.74 Å². The van der Waals surface area contributed by atoms with Gasteiger partial charge in [0.2, 0.25) is 0 Å². The van der Waals surface area contributed by atoms with E-state index in [-0.39, 0.29) is 0 Å². The number of nitrogens with zero attached hydrogens (tertiary/aromatic N) is 1. The highest BCUT2D eigenvalue weighted by atomic mass is 32.2. The maximum absolute atomic E-state index is 5.62. The Kier molecular flexibility index (Phi) is 5.04. The van der Waals surface area contributed by atoms with Crippen LogP contribution in [-0.4, -0.2) is 37.0 Å². The van der Waals surface area contributed by atoms with Crippen LogP contribution in [0.2, 0.25) is 0 Å². The van der Waals surface area contributed by atoms with Crippen LogP contribution in [0.4, 0.5) is 0 Å². The predicted molar refractivity (Wildman–Crippen MR) is 74.1 cm³/mol. The third kappa shape index (κ3) is 3.73. The Hall–Kier alpha value is -1.04. The average Bonchev–Trinajstić information content (AvgIpc) is 2.77. The normalized spacial score (nSPS) is 13.0. The number of hydrogen-bond acceptors (Lipinski definition) is 5. The molecular formula is C13H18N2O2S. The van der Waals surface area contributed by atoms with Gasteiger partial charge in [-0.05, 0) is 19.1 Å². The van der Waals surface area contributed by atoms with E-state index < -0.39 is 0 Å². The first-order valence-electron chi connectivity index (χ1n) is 6.00. The molecule has 1 unspecified atom stereocenters. The van der Waals surface area contributed by atoms with Crippen molar-refractivity contribution in [2.75, 3.05) is 26.0 Å². The van der Waals surface area contributed by atoms with Crippen LogP contribution >= 0.6 is 11.8 Å². The molecule has 1 atom stereocenters. The number of oxazole rings is 1. The lowest BCUT2D eigenvalue weighted by Gasteiger charge is -2.11. The van der Waals surface area contributed by atoms with E-state index in [1.165, 1.54) is 0 Å². The lowest BCUT2D eigenvalue weighted by atomic mass is 10.3. The number of methoxy groups -OCH3 is 1. The molecule has 0 fully saturated rings. The SMILES string of the molecule is COCC(C)NCCSc1nc2ccccc2o1. The molecule has 18 heavy (non-hydrogen) atoms. The number of para-hydroxylation sites is 2. The van der Waals surface area contributed by atoms with Crippen LogP contribution in [0.5, 0.6) is 0 Å². The van der Waals surface area contributed by atoms with Crippen LogP contribution in [0.1, 0.15) is 6.92 Å². The van der Waals surface area contributed by atoms with Crippen molar-refractivity contribution in [3.8, 4) is 0 Å². The zero-order valence-corrected chi connectivity index (χ0v) is 11.5. The summed E-state index contributed by atoms with van der Waals surface area (Å²) in [6, 6.07) is 8.19. The Bertz CT molecular complexity index is 454. The van der Waals surface area contributed by atoms with Crippen molar-refractivity contribution in [1.29, 1.82) is 0 Å². The lowest BCUT2D eigenvalue weighted by Crippen LogP contribution is -2.31. The van der Waals surface area contributed by atoms with Gasteiger partial charge in [-0.3, -0.25) is 0 Å². The van der Waals surface area contributed by atoms with Gasteiger partial charge in [-0.1, -0.05) is 23.9 Å². The standard InChI is InChI=1S/C13H18N2O2S/c1-10(9-16-2)14-7-8-18-13-15-11-5-3-4-6-12(11)17-13/h3-6,10,14H,7-9H2,1-2H3. The maximum atomic E-state index is 5.62.